The third kappa shape index (κ3) is 1.94. The van der Waals surface area contributed by atoms with Gasteiger partial charge in [-0.2, -0.15) is 0 Å². The molecule has 0 heterocycles. The molecule has 0 radical (unpaired) electrons. The Labute approximate surface area is 87.9 Å². The van der Waals surface area contributed by atoms with Gasteiger partial charge in [0.05, 0.1) is 5.02 Å². The highest BCUT2D eigenvalue weighted by molar-refractivity contribution is 6.32. The van der Waals surface area contributed by atoms with E-state index in [1.807, 2.05) is 6.07 Å². The van der Waals surface area contributed by atoms with Crippen LogP contribution in [0.5, 0.6) is 5.75 Å². The summed E-state index contributed by atoms with van der Waals surface area (Å²) in [6.07, 6.45) is 2.00. The van der Waals surface area contributed by atoms with Gasteiger partial charge in [0.25, 0.3) is 0 Å². The molecule has 1 aliphatic rings. The van der Waals surface area contributed by atoms with E-state index in [0.717, 1.165) is 18.5 Å². The van der Waals surface area contributed by atoms with Crippen LogP contribution in [0.4, 0.5) is 5.69 Å². The maximum atomic E-state index is 9.21. The molecule has 0 unspecified atom stereocenters. The summed E-state index contributed by atoms with van der Waals surface area (Å²) in [6.45, 7) is 0. The van der Waals surface area contributed by atoms with Crippen LogP contribution in [-0.2, 0) is 0 Å². The van der Waals surface area contributed by atoms with Crippen molar-refractivity contribution in [2.24, 2.45) is 5.73 Å². The third-order valence-corrected chi connectivity index (χ3v) is 2.80. The molecule has 1 saturated carbocycles. The van der Waals surface area contributed by atoms with Crippen molar-refractivity contribution in [3.63, 3.8) is 0 Å². The van der Waals surface area contributed by atoms with Crippen molar-refractivity contribution in [3.05, 3.63) is 23.2 Å². The van der Waals surface area contributed by atoms with Crippen LogP contribution in [0.1, 0.15) is 12.8 Å². The summed E-state index contributed by atoms with van der Waals surface area (Å²) in [4.78, 5) is 0. The predicted molar refractivity (Wildman–Crippen MR) is 57.7 cm³/mol. The van der Waals surface area contributed by atoms with Crippen LogP contribution >= 0.6 is 11.6 Å². The fourth-order valence-corrected chi connectivity index (χ4v) is 1.79. The molecule has 14 heavy (non-hydrogen) atoms. The number of hydrogen-bond acceptors (Lipinski definition) is 3. The number of aromatic hydroxyl groups is 1. The molecule has 4 heteroatoms. The van der Waals surface area contributed by atoms with Gasteiger partial charge in [0.2, 0.25) is 0 Å². The Bertz CT molecular complexity index is 337. The number of benzene rings is 1. The number of anilines is 1. The van der Waals surface area contributed by atoms with Crippen LogP contribution < -0.4 is 11.1 Å². The number of hydrogen-bond donors (Lipinski definition) is 3. The van der Waals surface area contributed by atoms with Crippen LogP contribution in [0.2, 0.25) is 5.02 Å². The van der Waals surface area contributed by atoms with E-state index in [1.54, 1.807) is 12.1 Å². The van der Waals surface area contributed by atoms with E-state index in [0.29, 0.717) is 17.1 Å². The number of phenolic OH excluding ortho intramolecular Hbond substituents is 1. The molecule has 0 aliphatic heterocycles. The van der Waals surface area contributed by atoms with Gasteiger partial charge in [-0.05, 0) is 31.0 Å². The third-order valence-electron chi connectivity index (χ3n) is 2.49. The van der Waals surface area contributed by atoms with Gasteiger partial charge in [-0.25, -0.2) is 0 Å². The second-order valence-corrected chi connectivity index (χ2v) is 4.15. The first-order valence-electron chi connectivity index (χ1n) is 4.66. The van der Waals surface area contributed by atoms with E-state index in [2.05, 4.69) is 5.32 Å². The van der Waals surface area contributed by atoms with Crippen molar-refractivity contribution >= 4 is 17.3 Å². The number of halogens is 1. The summed E-state index contributed by atoms with van der Waals surface area (Å²) >= 11 is 5.77. The Morgan fingerprint density at radius 1 is 1.43 bits per heavy atom. The van der Waals surface area contributed by atoms with E-state index in [1.165, 1.54) is 0 Å². The molecule has 0 saturated heterocycles. The van der Waals surface area contributed by atoms with Crippen molar-refractivity contribution < 1.29 is 5.11 Å². The Kier molecular flexibility index (Phi) is 2.52. The van der Waals surface area contributed by atoms with Crippen LogP contribution in [0.25, 0.3) is 0 Å². The molecule has 0 spiro atoms. The average molecular weight is 213 g/mol. The molecular weight excluding hydrogens is 200 g/mol. The average Bonchev–Trinajstić information content (AvgIpc) is 2.09. The van der Waals surface area contributed by atoms with Gasteiger partial charge < -0.3 is 16.2 Å². The van der Waals surface area contributed by atoms with Gasteiger partial charge in [-0.1, -0.05) is 11.6 Å². The van der Waals surface area contributed by atoms with E-state index < -0.39 is 0 Å². The highest BCUT2D eigenvalue weighted by Gasteiger charge is 2.25. The standard InChI is InChI=1S/C10H13ClN2O/c11-9-5-7(1-2-10(9)14)13-8-3-6(12)4-8/h1-2,5-6,8,13-14H,3-4,12H2. The molecule has 1 aliphatic carbocycles. The maximum Gasteiger partial charge on any atom is 0.134 e. The first-order chi connectivity index (χ1) is 6.65. The summed E-state index contributed by atoms with van der Waals surface area (Å²) in [5.74, 6) is 0.113. The van der Waals surface area contributed by atoms with E-state index in [9.17, 15) is 5.11 Å². The lowest BCUT2D eigenvalue weighted by atomic mass is 9.87. The van der Waals surface area contributed by atoms with Gasteiger partial charge in [0.1, 0.15) is 5.75 Å². The largest absolute Gasteiger partial charge is 0.506 e. The minimum atomic E-state index is 0.113. The smallest absolute Gasteiger partial charge is 0.134 e. The quantitative estimate of drug-likeness (QED) is 0.657. The molecular formula is C10H13ClN2O. The zero-order valence-electron chi connectivity index (χ0n) is 7.70. The molecule has 3 nitrogen and oxygen atoms in total. The number of rotatable bonds is 2. The fraction of sp³-hybridized carbons (Fsp3) is 0.400. The molecule has 1 aromatic rings. The Hall–Kier alpha value is -0.930. The minimum Gasteiger partial charge on any atom is -0.506 e. The summed E-state index contributed by atoms with van der Waals surface area (Å²) in [5, 5.41) is 12.9. The topological polar surface area (TPSA) is 58.3 Å². The molecule has 1 aromatic carbocycles. The molecule has 0 atom stereocenters. The predicted octanol–water partition coefficient (Wildman–Crippen LogP) is 1.95. The first kappa shape index (κ1) is 9.62. The van der Waals surface area contributed by atoms with Crippen molar-refractivity contribution in [3.8, 4) is 5.75 Å². The van der Waals surface area contributed by atoms with Gasteiger partial charge in [-0.15, -0.1) is 0 Å². The van der Waals surface area contributed by atoms with Crippen molar-refractivity contribution in [1.82, 2.24) is 0 Å². The van der Waals surface area contributed by atoms with Crippen LogP contribution in [0, 0.1) is 0 Å². The monoisotopic (exact) mass is 212 g/mol. The fourth-order valence-electron chi connectivity index (χ4n) is 1.61. The van der Waals surface area contributed by atoms with Crippen molar-refractivity contribution in [2.75, 3.05) is 5.32 Å². The lowest BCUT2D eigenvalue weighted by Gasteiger charge is -2.33. The van der Waals surface area contributed by atoms with Gasteiger partial charge in [-0.3, -0.25) is 0 Å². The Morgan fingerprint density at radius 2 is 2.14 bits per heavy atom. The SMILES string of the molecule is NC1CC(Nc2ccc(O)c(Cl)c2)C1. The second kappa shape index (κ2) is 3.67. The summed E-state index contributed by atoms with van der Waals surface area (Å²) in [5.41, 5.74) is 6.61. The lowest BCUT2D eigenvalue weighted by molar-refractivity contribution is 0.373. The van der Waals surface area contributed by atoms with Crippen LogP contribution in [0.3, 0.4) is 0 Å². The molecule has 2 rings (SSSR count). The molecule has 0 bridgehead atoms. The zero-order valence-corrected chi connectivity index (χ0v) is 8.46. The maximum absolute atomic E-state index is 9.21. The summed E-state index contributed by atoms with van der Waals surface area (Å²) in [6, 6.07) is 5.90. The van der Waals surface area contributed by atoms with Gasteiger partial charge >= 0.3 is 0 Å². The van der Waals surface area contributed by atoms with Crippen molar-refractivity contribution in [1.29, 1.82) is 0 Å². The molecule has 0 aromatic heterocycles. The number of phenols is 1. The molecule has 1 fully saturated rings. The van der Waals surface area contributed by atoms with E-state index in [4.69, 9.17) is 17.3 Å². The summed E-state index contributed by atoms with van der Waals surface area (Å²) < 4.78 is 0. The van der Waals surface area contributed by atoms with Gasteiger partial charge in [0.15, 0.2) is 0 Å². The van der Waals surface area contributed by atoms with E-state index >= 15 is 0 Å². The van der Waals surface area contributed by atoms with Crippen LogP contribution in [0.15, 0.2) is 18.2 Å². The molecule has 4 N–H and O–H groups in total. The van der Waals surface area contributed by atoms with E-state index in [-0.39, 0.29) is 5.75 Å². The number of nitrogens with two attached hydrogens (primary N) is 1. The van der Waals surface area contributed by atoms with Crippen LogP contribution in [-0.4, -0.2) is 17.2 Å². The Balaban J connectivity index is 2.00. The first-order valence-corrected chi connectivity index (χ1v) is 5.03. The van der Waals surface area contributed by atoms with Gasteiger partial charge in [0, 0.05) is 17.8 Å². The molecule has 76 valence electrons. The Morgan fingerprint density at radius 3 is 2.71 bits per heavy atom. The zero-order chi connectivity index (χ0) is 10.1. The summed E-state index contributed by atoms with van der Waals surface area (Å²) in [7, 11) is 0. The number of nitrogens with one attached hydrogen (secondary N) is 1. The lowest BCUT2D eigenvalue weighted by Crippen LogP contribution is -2.44. The van der Waals surface area contributed by atoms with Crippen molar-refractivity contribution in [2.45, 2.75) is 24.9 Å². The second-order valence-electron chi connectivity index (χ2n) is 3.74. The highest BCUT2D eigenvalue weighted by Crippen LogP contribution is 2.28. The normalized spacial score (nSPS) is 25.6. The highest BCUT2D eigenvalue weighted by atomic mass is 35.5. The molecule has 0 amide bonds. The minimum absolute atomic E-state index is 0.113.